The minimum atomic E-state index is -3.48. The SMILES string of the molecule is Cc1ccc(S(=O)(=O)CCC(=O)N(C)Cc2ccc(Cl)cc2Cl)cc1. The summed E-state index contributed by atoms with van der Waals surface area (Å²) in [7, 11) is -1.87. The predicted octanol–water partition coefficient (Wildman–Crippen LogP) is 4.12. The van der Waals surface area contributed by atoms with Crippen molar-refractivity contribution in [1.82, 2.24) is 4.90 Å². The lowest BCUT2D eigenvalue weighted by Gasteiger charge is -2.18. The maximum atomic E-state index is 12.3. The highest BCUT2D eigenvalue weighted by Crippen LogP contribution is 2.22. The number of sulfone groups is 1. The van der Waals surface area contributed by atoms with Crippen molar-refractivity contribution in [2.24, 2.45) is 0 Å². The molecule has 0 atom stereocenters. The van der Waals surface area contributed by atoms with Crippen LogP contribution in [0.1, 0.15) is 17.5 Å². The van der Waals surface area contributed by atoms with Crippen molar-refractivity contribution in [3.8, 4) is 0 Å². The Morgan fingerprint density at radius 2 is 1.72 bits per heavy atom. The maximum absolute atomic E-state index is 12.3. The highest BCUT2D eigenvalue weighted by molar-refractivity contribution is 7.91. The molecular formula is C18H19Cl2NO3S. The first-order valence-corrected chi connectivity index (χ1v) is 10.1. The van der Waals surface area contributed by atoms with Crippen molar-refractivity contribution in [2.75, 3.05) is 12.8 Å². The number of amides is 1. The number of halogens is 2. The van der Waals surface area contributed by atoms with Crippen LogP contribution >= 0.6 is 23.2 Å². The van der Waals surface area contributed by atoms with Gasteiger partial charge in [0.2, 0.25) is 5.91 Å². The lowest BCUT2D eigenvalue weighted by atomic mass is 10.2. The summed E-state index contributed by atoms with van der Waals surface area (Å²) in [5.41, 5.74) is 1.73. The van der Waals surface area contributed by atoms with Gasteiger partial charge in [0.25, 0.3) is 0 Å². The van der Waals surface area contributed by atoms with Gasteiger partial charge in [0, 0.05) is 30.1 Å². The zero-order chi connectivity index (χ0) is 18.6. The topological polar surface area (TPSA) is 54.5 Å². The molecule has 0 saturated heterocycles. The van der Waals surface area contributed by atoms with Crippen LogP contribution in [0.5, 0.6) is 0 Å². The third kappa shape index (κ3) is 5.46. The van der Waals surface area contributed by atoms with Gasteiger partial charge in [0.15, 0.2) is 9.84 Å². The van der Waals surface area contributed by atoms with Crippen molar-refractivity contribution in [3.05, 3.63) is 63.6 Å². The van der Waals surface area contributed by atoms with E-state index in [1.165, 1.54) is 4.90 Å². The van der Waals surface area contributed by atoms with Crippen molar-refractivity contribution in [1.29, 1.82) is 0 Å². The number of hydrogen-bond donors (Lipinski definition) is 0. The van der Waals surface area contributed by atoms with E-state index in [0.717, 1.165) is 11.1 Å². The predicted molar refractivity (Wildman–Crippen MR) is 101 cm³/mol. The normalized spacial score (nSPS) is 11.4. The van der Waals surface area contributed by atoms with Crippen molar-refractivity contribution in [3.63, 3.8) is 0 Å². The molecule has 1 amide bonds. The molecule has 0 aliphatic heterocycles. The van der Waals surface area contributed by atoms with Crippen molar-refractivity contribution >= 4 is 38.9 Å². The van der Waals surface area contributed by atoms with Crippen LogP contribution in [0.2, 0.25) is 10.0 Å². The van der Waals surface area contributed by atoms with Gasteiger partial charge in [-0.2, -0.15) is 0 Å². The van der Waals surface area contributed by atoms with E-state index in [2.05, 4.69) is 0 Å². The van der Waals surface area contributed by atoms with Crippen LogP contribution in [0.4, 0.5) is 0 Å². The van der Waals surface area contributed by atoms with Crippen LogP contribution in [-0.2, 0) is 21.2 Å². The Kier molecular flexibility index (Phi) is 6.49. The van der Waals surface area contributed by atoms with Crippen LogP contribution in [-0.4, -0.2) is 32.0 Å². The van der Waals surface area contributed by atoms with E-state index in [4.69, 9.17) is 23.2 Å². The van der Waals surface area contributed by atoms with Gasteiger partial charge in [-0.1, -0.05) is 47.0 Å². The summed E-state index contributed by atoms with van der Waals surface area (Å²) in [5.74, 6) is -0.491. The summed E-state index contributed by atoms with van der Waals surface area (Å²) in [4.78, 5) is 13.9. The molecule has 0 radical (unpaired) electrons. The molecule has 0 aliphatic rings. The second kappa shape index (κ2) is 8.21. The molecule has 2 rings (SSSR count). The molecule has 0 bridgehead atoms. The highest BCUT2D eigenvalue weighted by Gasteiger charge is 2.18. The molecule has 7 heteroatoms. The van der Waals surface area contributed by atoms with E-state index in [0.29, 0.717) is 16.6 Å². The lowest BCUT2D eigenvalue weighted by molar-refractivity contribution is -0.130. The lowest BCUT2D eigenvalue weighted by Crippen LogP contribution is -2.28. The second-order valence-corrected chi connectivity index (χ2v) is 8.82. The van der Waals surface area contributed by atoms with Gasteiger partial charge in [-0.25, -0.2) is 8.42 Å². The van der Waals surface area contributed by atoms with E-state index in [9.17, 15) is 13.2 Å². The summed E-state index contributed by atoms with van der Waals surface area (Å²) < 4.78 is 24.6. The van der Waals surface area contributed by atoms with Gasteiger partial charge in [-0.15, -0.1) is 0 Å². The summed E-state index contributed by atoms with van der Waals surface area (Å²) >= 11 is 12.0. The van der Waals surface area contributed by atoms with Crippen molar-refractivity contribution < 1.29 is 13.2 Å². The zero-order valence-corrected chi connectivity index (χ0v) is 16.3. The third-order valence-electron chi connectivity index (χ3n) is 3.81. The molecule has 25 heavy (non-hydrogen) atoms. The molecule has 0 heterocycles. The van der Waals surface area contributed by atoms with Gasteiger partial charge in [0.05, 0.1) is 10.6 Å². The van der Waals surface area contributed by atoms with Gasteiger partial charge in [-0.3, -0.25) is 4.79 Å². The molecule has 134 valence electrons. The Balaban J connectivity index is 1.98. The average Bonchev–Trinajstić information content (AvgIpc) is 2.55. The Hall–Kier alpha value is -1.56. The number of rotatable bonds is 6. The fourth-order valence-corrected chi connectivity index (χ4v) is 3.97. The minimum Gasteiger partial charge on any atom is -0.341 e. The smallest absolute Gasteiger partial charge is 0.223 e. The average molecular weight is 400 g/mol. The number of aryl methyl sites for hydroxylation is 1. The second-order valence-electron chi connectivity index (χ2n) is 5.87. The fourth-order valence-electron chi connectivity index (χ4n) is 2.27. The molecule has 0 aliphatic carbocycles. The standard InChI is InChI=1S/C18H19Cl2NO3S/c1-13-3-7-16(8-4-13)25(23,24)10-9-18(22)21(2)12-14-5-6-15(19)11-17(14)20/h3-8,11H,9-10,12H2,1-2H3. The Morgan fingerprint density at radius 3 is 2.32 bits per heavy atom. The minimum absolute atomic E-state index is 0.0854. The quantitative estimate of drug-likeness (QED) is 0.733. The molecule has 4 nitrogen and oxygen atoms in total. The number of nitrogens with zero attached hydrogens (tertiary/aromatic N) is 1. The Morgan fingerprint density at radius 1 is 1.08 bits per heavy atom. The van der Waals surface area contributed by atoms with Crippen LogP contribution in [0, 0.1) is 6.92 Å². The fraction of sp³-hybridized carbons (Fsp3) is 0.278. The number of carbonyl (C=O) groups is 1. The van der Waals surface area contributed by atoms with Crippen LogP contribution < -0.4 is 0 Å². The van der Waals surface area contributed by atoms with E-state index in [-0.39, 0.29) is 23.0 Å². The van der Waals surface area contributed by atoms with E-state index < -0.39 is 9.84 Å². The molecule has 0 saturated carbocycles. The molecule has 2 aromatic rings. The molecule has 0 N–H and O–H groups in total. The first-order valence-electron chi connectivity index (χ1n) is 7.66. The number of carbonyl (C=O) groups excluding carboxylic acids is 1. The third-order valence-corrected chi connectivity index (χ3v) is 6.13. The summed E-state index contributed by atoms with van der Waals surface area (Å²) in [6, 6.07) is 11.7. The molecule has 0 spiro atoms. The summed E-state index contributed by atoms with van der Waals surface area (Å²) in [5, 5.41) is 0.992. The zero-order valence-electron chi connectivity index (χ0n) is 14.0. The molecule has 0 aromatic heterocycles. The van der Waals surface area contributed by atoms with Crippen LogP contribution in [0.15, 0.2) is 47.4 Å². The monoisotopic (exact) mass is 399 g/mol. The molecule has 0 unspecified atom stereocenters. The molecule has 0 fully saturated rings. The van der Waals surface area contributed by atoms with Gasteiger partial charge >= 0.3 is 0 Å². The highest BCUT2D eigenvalue weighted by atomic mass is 35.5. The van der Waals surface area contributed by atoms with Crippen molar-refractivity contribution in [2.45, 2.75) is 24.8 Å². The van der Waals surface area contributed by atoms with Gasteiger partial charge in [0.1, 0.15) is 0 Å². The van der Waals surface area contributed by atoms with Crippen LogP contribution in [0.25, 0.3) is 0 Å². The van der Waals surface area contributed by atoms with E-state index >= 15 is 0 Å². The maximum Gasteiger partial charge on any atom is 0.223 e. The molecule has 2 aromatic carbocycles. The molecular weight excluding hydrogens is 381 g/mol. The number of hydrogen-bond acceptors (Lipinski definition) is 3. The summed E-state index contributed by atoms with van der Waals surface area (Å²) in [6.07, 6.45) is -0.0854. The van der Waals surface area contributed by atoms with Gasteiger partial charge in [-0.05, 0) is 36.8 Å². The largest absolute Gasteiger partial charge is 0.341 e. The summed E-state index contributed by atoms with van der Waals surface area (Å²) in [6.45, 7) is 2.18. The first kappa shape index (κ1) is 19.8. The van der Waals surface area contributed by atoms with E-state index in [1.54, 1.807) is 49.5 Å². The number of benzene rings is 2. The van der Waals surface area contributed by atoms with Gasteiger partial charge < -0.3 is 4.90 Å². The Labute approximate surface area is 158 Å². The first-order chi connectivity index (χ1) is 11.7. The Bertz CT molecular complexity index is 864. The van der Waals surface area contributed by atoms with E-state index in [1.807, 2.05) is 6.92 Å². The van der Waals surface area contributed by atoms with Crippen LogP contribution in [0.3, 0.4) is 0 Å².